The summed E-state index contributed by atoms with van der Waals surface area (Å²) in [6.07, 6.45) is 5.01. The van der Waals surface area contributed by atoms with Crippen molar-refractivity contribution in [3.8, 4) is 0 Å². The summed E-state index contributed by atoms with van der Waals surface area (Å²) in [4.78, 5) is 30.4. The lowest BCUT2D eigenvalue weighted by Crippen LogP contribution is -2.44. The summed E-state index contributed by atoms with van der Waals surface area (Å²) in [5.41, 5.74) is 2.35. The van der Waals surface area contributed by atoms with Gasteiger partial charge in [-0.2, -0.15) is 0 Å². The third kappa shape index (κ3) is 7.45. The highest BCUT2D eigenvalue weighted by Gasteiger charge is 2.41. The number of aliphatic hydroxyl groups is 2. The zero-order valence-corrected chi connectivity index (χ0v) is 22.2. The minimum Gasteiger partial charge on any atom is -0.457 e. The molecule has 0 aromatic carbocycles. The highest BCUT2D eigenvalue weighted by atomic mass is 32.1. The van der Waals surface area contributed by atoms with E-state index in [-0.39, 0.29) is 12.2 Å². The van der Waals surface area contributed by atoms with Crippen LogP contribution < -0.4 is 0 Å². The molecule has 34 heavy (non-hydrogen) atoms. The number of aromatic nitrogens is 1. The number of thiazole rings is 1. The molecule has 0 bridgehead atoms. The van der Waals surface area contributed by atoms with Crippen molar-refractivity contribution in [1.82, 2.24) is 4.98 Å². The summed E-state index contributed by atoms with van der Waals surface area (Å²) in [5.74, 6) is -1.56. The van der Waals surface area contributed by atoms with Crippen molar-refractivity contribution in [1.29, 1.82) is 0 Å². The summed E-state index contributed by atoms with van der Waals surface area (Å²) in [7, 11) is 0. The van der Waals surface area contributed by atoms with E-state index in [1.165, 1.54) is 0 Å². The standard InChI is InChI=1S/C27H39NO5S/c1-16-9-8-10-17(2)25(31)19(4)26(32)27(6,7)23(29)14-24(30)33-22(12-11-16)18(3)13-21-15-34-20(5)28-21/h10-11,13,15,19,22-23,25,29,31H,8-9,12,14H2,1-7H3/b16-11-,17-10+,18-13+/t19-,22?,23+,25+/m1/s1. The molecule has 6 nitrogen and oxygen atoms in total. The number of allylic oxidation sites excluding steroid dienone is 2. The maximum Gasteiger partial charge on any atom is 0.309 e. The van der Waals surface area contributed by atoms with Gasteiger partial charge in [-0.15, -0.1) is 11.3 Å². The molecule has 2 rings (SSSR count). The molecule has 0 fully saturated rings. The summed E-state index contributed by atoms with van der Waals surface area (Å²) in [6.45, 7) is 12.6. The van der Waals surface area contributed by atoms with Crippen LogP contribution in [0.2, 0.25) is 0 Å². The Morgan fingerprint density at radius 2 is 1.88 bits per heavy atom. The second-order valence-corrected chi connectivity index (χ2v) is 11.0. The van der Waals surface area contributed by atoms with Crippen LogP contribution >= 0.6 is 11.3 Å². The van der Waals surface area contributed by atoms with E-state index in [4.69, 9.17) is 4.74 Å². The molecule has 1 aromatic rings. The number of ether oxygens (including phenoxy) is 1. The molecule has 1 aliphatic heterocycles. The molecule has 188 valence electrons. The lowest BCUT2D eigenvalue weighted by Gasteiger charge is -2.33. The van der Waals surface area contributed by atoms with Gasteiger partial charge in [-0.05, 0) is 57.8 Å². The minimum absolute atomic E-state index is 0.289. The molecule has 1 unspecified atom stereocenters. The number of carbonyl (C=O) groups excluding carboxylic acids is 2. The average molecular weight is 490 g/mol. The molecule has 1 aromatic heterocycles. The fraction of sp³-hybridized carbons (Fsp3) is 0.593. The second kappa shape index (κ2) is 12.0. The van der Waals surface area contributed by atoms with Crippen molar-refractivity contribution >= 4 is 29.2 Å². The predicted octanol–water partition coefficient (Wildman–Crippen LogP) is 5.19. The van der Waals surface area contributed by atoms with E-state index >= 15 is 0 Å². The SMILES string of the molecule is C/C1=C/CC(/C(C)=C/c2csc(C)n2)OC(=O)C[C@H](O)C(C)(C)C(=O)[C@H](C)[C@@H](O)/C(C)=C/CC1. The molecule has 0 amide bonds. The van der Waals surface area contributed by atoms with Crippen molar-refractivity contribution in [2.45, 2.75) is 92.5 Å². The molecule has 0 saturated heterocycles. The second-order valence-electron chi connectivity index (χ2n) is 9.97. The maximum atomic E-state index is 13.1. The van der Waals surface area contributed by atoms with Gasteiger partial charge in [-0.3, -0.25) is 9.59 Å². The first-order valence-electron chi connectivity index (χ1n) is 11.9. The fourth-order valence-electron chi connectivity index (χ4n) is 4.07. The molecule has 1 aliphatic rings. The van der Waals surface area contributed by atoms with Crippen LogP contribution in [0.5, 0.6) is 0 Å². The van der Waals surface area contributed by atoms with Crippen LogP contribution in [0, 0.1) is 18.3 Å². The van der Waals surface area contributed by atoms with Crippen LogP contribution in [0.15, 0.2) is 34.3 Å². The Kier molecular flexibility index (Phi) is 9.97. The number of aliphatic hydroxyl groups excluding tert-OH is 2. The Balaban J connectivity index is 2.37. The van der Waals surface area contributed by atoms with Gasteiger partial charge in [0.05, 0.1) is 34.7 Å². The summed E-state index contributed by atoms with van der Waals surface area (Å²) < 4.78 is 5.80. The summed E-state index contributed by atoms with van der Waals surface area (Å²) in [6, 6.07) is 0. The van der Waals surface area contributed by atoms with Crippen LogP contribution in [0.4, 0.5) is 0 Å². The summed E-state index contributed by atoms with van der Waals surface area (Å²) >= 11 is 1.56. The number of cyclic esters (lactones) is 1. The molecular formula is C27H39NO5S. The number of Topliss-reactive ketones (excluding diaryl/α,β-unsaturated/α-hetero) is 1. The summed E-state index contributed by atoms with van der Waals surface area (Å²) in [5, 5.41) is 24.4. The van der Waals surface area contributed by atoms with Gasteiger partial charge in [-0.25, -0.2) is 4.98 Å². The fourth-order valence-corrected chi connectivity index (χ4v) is 4.64. The van der Waals surface area contributed by atoms with E-state index in [9.17, 15) is 19.8 Å². The van der Waals surface area contributed by atoms with Crippen LogP contribution in [-0.2, 0) is 14.3 Å². The molecule has 4 atom stereocenters. The lowest BCUT2D eigenvalue weighted by molar-refractivity contribution is -0.153. The van der Waals surface area contributed by atoms with Crippen molar-refractivity contribution in [2.75, 3.05) is 0 Å². The van der Waals surface area contributed by atoms with Crippen LogP contribution in [-0.4, -0.2) is 45.3 Å². The molecule has 0 saturated carbocycles. The molecule has 0 radical (unpaired) electrons. The normalized spacial score (nSPS) is 31.3. The number of hydrogen-bond donors (Lipinski definition) is 2. The number of esters is 1. The molecule has 2 N–H and O–H groups in total. The quantitative estimate of drug-likeness (QED) is 0.439. The molecule has 0 spiro atoms. The number of hydrogen-bond acceptors (Lipinski definition) is 7. The van der Waals surface area contributed by atoms with Crippen molar-refractivity contribution in [2.24, 2.45) is 11.3 Å². The van der Waals surface area contributed by atoms with E-state index in [0.29, 0.717) is 6.42 Å². The third-order valence-corrected chi connectivity index (χ3v) is 7.45. The lowest BCUT2D eigenvalue weighted by atomic mass is 9.74. The van der Waals surface area contributed by atoms with E-state index < -0.39 is 35.6 Å². The Morgan fingerprint density at radius 3 is 2.50 bits per heavy atom. The van der Waals surface area contributed by atoms with Crippen LogP contribution in [0.3, 0.4) is 0 Å². The number of aryl methyl sites for hydroxylation is 1. The topological polar surface area (TPSA) is 96.7 Å². The first kappa shape index (κ1) is 28.1. The predicted molar refractivity (Wildman–Crippen MR) is 136 cm³/mol. The number of nitrogens with zero attached hydrogens (tertiary/aromatic N) is 1. The Morgan fingerprint density at radius 1 is 1.21 bits per heavy atom. The van der Waals surface area contributed by atoms with E-state index in [0.717, 1.165) is 40.3 Å². The van der Waals surface area contributed by atoms with Gasteiger partial charge in [0.2, 0.25) is 0 Å². The van der Waals surface area contributed by atoms with E-state index in [1.807, 2.05) is 45.2 Å². The van der Waals surface area contributed by atoms with Crippen molar-refractivity contribution < 1.29 is 24.5 Å². The zero-order valence-electron chi connectivity index (χ0n) is 21.4. The largest absolute Gasteiger partial charge is 0.457 e. The number of rotatable bonds is 2. The molecular weight excluding hydrogens is 450 g/mol. The van der Waals surface area contributed by atoms with Gasteiger partial charge in [0.1, 0.15) is 11.9 Å². The van der Waals surface area contributed by atoms with Gasteiger partial charge in [-0.1, -0.05) is 38.5 Å². The highest BCUT2D eigenvalue weighted by Crippen LogP contribution is 2.31. The molecule has 0 aliphatic carbocycles. The van der Waals surface area contributed by atoms with Crippen LogP contribution in [0.1, 0.15) is 77.9 Å². The van der Waals surface area contributed by atoms with Gasteiger partial charge in [0.15, 0.2) is 0 Å². The first-order chi connectivity index (χ1) is 15.8. The molecule has 7 heteroatoms. The highest BCUT2D eigenvalue weighted by molar-refractivity contribution is 7.09. The van der Waals surface area contributed by atoms with E-state index in [1.54, 1.807) is 32.1 Å². The van der Waals surface area contributed by atoms with Gasteiger partial charge in [0, 0.05) is 17.7 Å². The first-order valence-corrected chi connectivity index (χ1v) is 12.7. The Labute approximate surface area is 207 Å². The number of ketones is 1. The minimum atomic E-state index is -1.23. The van der Waals surface area contributed by atoms with E-state index in [2.05, 4.69) is 11.1 Å². The van der Waals surface area contributed by atoms with Gasteiger partial charge < -0.3 is 14.9 Å². The van der Waals surface area contributed by atoms with Crippen molar-refractivity contribution in [3.05, 3.63) is 45.0 Å². The van der Waals surface area contributed by atoms with Gasteiger partial charge >= 0.3 is 5.97 Å². The number of carbonyl (C=O) groups is 2. The zero-order chi connectivity index (χ0) is 25.6. The Bertz CT molecular complexity index is 971. The van der Waals surface area contributed by atoms with Crippen molar-refractivity contribution in [3.63, 3.8) is 0 Å². The monoisotopic (exact) mass is 489 g/mol. The smallest absolute Gasteiger partial charge is 0.309 e. The Hall–Kier alpha value is -2.09. The maximum absolute atomic E-state index is 13.1. The van der Waals surface area contributed by atoms with Crippen LogP contribution in [0.25, 0.3) is 6.08 Å². The average Bonchev–Trinajstić information content (AvgIpc) is 3.18. The van der Waals surface area contributed by atoms with Gasteiger partial charge in [0.25, 0.3) is 0 Å². The molecule has 2 heterocycles. The third-order valence-electron chi connectivity index (χ3n) is 6.66.